The third-order valence-electron chi connectivity index (χ3n) is 5.53. The highest BCUT2D eigenvalue weighted by Gasteiger charge is 2.43. The molecular weight excluding hydrogens is 363 g/mol. The van der Waals surface area contributed by atoms with Crippen LogP contribution in [0.4, 0.5) is 0 Å². The van der Waals surface area contributed by atoms with Gasteiger partial charge in [-0.15, -0.1) is 0 Å². The molecule has 28 heavy (non-hydrogen) atoms. The average molecular weight is 387 g/mol. The zero-order valence-corrected chi connectivity index (χ0v) is 17.2. The fourth-order valence-electron chi connectivity index (χ4n) is 4.14. The summed E-state index contributed by atoms with van der Waals surface area (Å²) in [7, 11) is -2.04. The highest BCUT2D eigenvalue weighted by molar-refractivity contribution is 7.66. The Bertz CT molecular complexity index is 1090. The standard InChI is InChI=1S/C25H24O2P/c1-3-4-17-28(2)26-22-15-13-18-9-5-7-11-20(18)24(22)25-21-12-8-6-10-19(21)14-16-23(25)27-28/h5-16H,3-4,17H2,1-2H3/q+1. The van der Waals surface area contributed by atoms with Crippen molar-refractivity contribution in [2.75, 3.05) is 12.8 Å². The van der Waals surface area contributed by atoms with E-state index in [4.69, 9.17) is 9.05 Å². The Labute approximate surface area is 166 Å². The van der Waals surface area contributed by atoms with Gasteiger partial charge in [0.15, 0.2) is 11.5 Å². The predicted molar refractivity (Wildman–Crippen MR) is 121 cm³/mol. The first kappa shape index (κ1) is 17.5. The molecular formula is C25H24O2P+. The first-order valence-corrected chi connectivity index (χ1v) is 12.2. The Morgan fingerprint density at radius 1 is 0.679 bits per heavy atom. The van der Waals surface area contributed by atoms with E-state index in [1.807, 2.05) is 0 Å². The minimum absolute atomic E-state index is 0.945. The molecule has 1 aliphatic heterocycles. The number of hydrogen-bond donors (Lipinski definition) is 0. The van der Waals surface area contributed by atoms with Gasteiger partial charge in [0.2, 0.25) is 0 Å². The summed E-state index contributed by atoms with van der Waals surface area (Å²) in [5, 5.41) is 4.87. The summed E-state index contributed by atoms with van der Waals surface area (Å²) in [5.41, 5.74) is 2.32. The molecule has 0 saturated carbocycles. The Morgan fingerprint density at radius 3 is 1.68 bits per heavy atom. The van der Waals surface area contributed by atoms with Crippen molar-refractivity contribution in [2.24, 2.45) is 0 Å². The van der Waals surface area contributed by atoms with Crippen LogP contribution >= 0.6 is 7.72 Å². The highest BCUT2D eigenvalue weighted by Crippen LogP contribution is 2.63. The smallest absolute Gasteiger partial charge is 0.310 e. The van der Waals surface area contributed by atoms with Crippen LogP contribution < -0.4 is 9.05 Å². The molecule has 1 heterocycles. The molecule has 0 unspecified atom stereocenters. The third kappa shape index (κ3) is 2.84. The second kappa shape index (κ2) is 6.79. The summed E-state index contributed by atoms with van der Waals surface area (Å²) in [6.07, 6.45) is 3.20. The van der Waals surface area contributed by atoms with E-state index < -0.39 is 7.72 Å². The maximum Gasteiger partial charge on any atom is 0.361 e. The maximum atomic E-state index is 6.67. The topological polar surface area (TPSA) is 18.5 Å². The van der Waals surface area contributed by atoms with Gasteiger partial charge in [0, 0.05) is 11.1 Å². The van der Waals surface area contributed by atoms with Gasteiger partial charge >= 0.3 is 7.72 Å². The van der Waals surface area contributed by atoms with Crippen LogP contribution in [0.1, 0.15) is 19.8 Å². The molecule has 0 spiro atoms. The molecule has 0 amide bonds. The Hall–Kier alpha value is -2.57. The van der Waals surface area contributed by atoms with Gasteiger partial charge < -0.3 is 9.05 Å². The van der Waals surface area contributed by atoms with Gasteiger partial charge in [-0.2, -0.15) is 0 Å². The summed E-state index contributed by atoms with van der Waals surface area (Å²) in [6.45, 7) is 4.39. The number of benzene rings is 4. The Kier molecular flexibility index (Phi) is 4.25. The first-order valence-electron chi connectivity index (χ1n) is 9.97. The highest BCUT2D eigenvalue weighted by atomic mass is 31.2. The first-order chi connectivity index (χ1) is 13.7. The van der Waals surface area contributed by atoms with Crippen molar-refractivity contribution < 1.29 is 9.05 Å². The van der Waals surface area contributed by atoms with Crippen molar-refractivity contribution in [3.05, 3.63) is 72.8 Å². The van der Waals surface area contributed by atoms with Crippen LogP contribution in [-0.4, -0.2) is 12.8 Å². The quantitative estimate of drug-likeness (QED) is 0.335. The molecule has 0 fully saturated rings. The van der Waals surface area contributed by atoms with E-state index in [-0.39, 0.29) is 0 Å². The molecule has 0 aliphatic carbocycles. The maximum absolute atomic E-state index is 6.67. The summed E-state index contributed by atoms with van der Waals surface area (Å²) >= 11 is 0. The molecule has 0 saturated heterocycles. The number of unbranched alkanes of at least 4 members (excludes halogenated alkanes) is 1. The lowest BCUT2D eigenvalue weighted by Crippen LogP contribution is -2.10. The molecule has 0 aromatic heterocycles. The van der Waals surface area contributed by atoms with E-state index in [1.165, 1.54) is 21.5 Å². The molecule has 0 N–H and O–H groups in total. The fraction of sp³-hybridized carbons (Fsp3) is 0.200. The lowest BCUT2D eigenvalue weighted by Gasteiger charge is -2.19. The Morgan fingerprint density at radius 2 is 1.18 bits per heavy atom. The Balaban J connectivity index is 1.87. The van der Waals surface area contributed by atoms with Gasteiger partial charge in [-0.3, -0.25) is 0 Å². The van der Waals surface area contributed by atoms with Crippen LogP contribution in [0.5, 0.6) is 11.5 Å². The second-order valence-corrected chi connectivity index (χ2v) is 10.4. The van der Waals surface area contributed by atoms with E-state index in [0.29, 0.717) is 0 Å². The lowest BCUT2D eigenvalue weighted by molar-refractivity contribution is 0.474. The summed E-state index contributed by atoms with van der Waals surface area (Å²) < 4.78 is 13.3. The van der Waals surface area contributed by atoms with Crippen LogP contribution in [0.3, 0.4) is 0 Å². The number of hydrogen-bond acceptors (Lipinski definition) is 2. The molecule has 4 aromatic carbocycles. The fourth-order valence-corrected chi connectivity index (χ4v) is 6.39. The van der Waals surface area contributed by atoms with Gasteiger partial charge in [0.05, 0.1) is 0 Å². The van der Waals surface area contributed by atoms with E-state index in [2.05, 4.69) is 86.4 Å². The van der Waals surface area contributed by atoms with Gasteiger partial charge in [-0.05, 0) is 40.1 Å². The third-order valence-corrected chi connectivity index (χ3v) is 7.83. The largest absolute Gasteiger partial charge is 0.361 e. The minimum atomic E-state index is -2.04. The molecule has 5 rings (SSSR count). The number of fused-ring (bicyclic) bond motifs is 7. The van der Waals surface area contributed by atoms with Crippen LogP contribution in [0, 0.1) is 0 Å². The van der Waals surface area contributed by atoms with Crippen molar-refractivity contribution in [1.82, 2.24) is 0 Å². The van der Waals surface area contributed by atoms with E-state index in [0.717, 1.165) is 41.6 Å². The van der Waals surface area contributed by atoms with Crippen LogP contribution in [0.25, 0.3) is 32.7 Å². The predicted octanol–water partition coefficient (Wildman–Crippen LogP) is 7.71. The van der Waals surface area contributed by atoms with Gasteiger partial charge in [-0.1, -0.05) is 74.0 Å². The van der Waals surface area contributed by atoms with Crippen LogP contribution in [0.2, 0.25) is 0 Å². The molecule has 2 nitrogen and oxygen atoms in total. The zero-order chi connectivity index (χ0) is 19.1. The van der Waals surface area contributed by atoms with Crippen LogP contribution in [0.15, 0.2) is 72.8 Å². The summed E-state index contributed by atoms with van der Waals surface area (Å²) in [6, 6.07) is 25.7. The molecule has 140 valence electrons. The van der Waals surface area contributed by atoms with Crippen molar-refractivity contribution in [3.63, 3.8) is 0 Å². The molecule has 0 bridgehead atoms. The molecule has 1 aliphatic rings. The zero-order valence-electron chi connectivity index (χ0n) is 16.3. The van der Waals surface area contributed by atoms with E-state index in [9.17, 15) is 0 Å². The summed E-state index contributed by atoms with van der Waals surface area (Å²) in [5.74, 6) is 1.89. The number of rotatable bonds is 3. The second-order valence-electron chi connectivity index (χ2n) is 7.59. The monoisotopic (exact) mass is 387 g/mol. The summed E-state index contributed by atoms with van der Waals surface area (Å²) in [4.78, 5) is 0. The molecule has 4 aromatic rings. The van der Waals surface area contributed by atoms with Crippen molar-refractivity contribution in [2.45, 2.75) is 19.8 Å². The van der Waals surface area contributed by atoms with E-state index in [1.54, 1.807) is 0 Å². The van der Waals surface area contributed by atoms with Crippen molar-refractivity contribution in [3.8, 4) is 22.6 Å². The molecule has 0 atom stereocenters. The SMILES string of the molecule is CCCC[P+]1(C)Oc2ccc3ccccc3c2-c2c(ccc3ccccc23)O1. The average Bonchev–Trinajstić information content (AvgIpc) is 2.86. The normalized spacial score (nSPS) is 14.6. The van der Waals surface area contributed by atoms with E-state index >= 15 is 0 Å². The lowest BCUT2D eigenvalue weighted by atomic mass is 9.92. The molecule has 3 heteroatoms. The van der Waals surface area contributed by atoms with Crippen molar-refractivity contribution >= 4 is 29.3 Å². The molecule has 0 radical (unpaired) electrons. The van der Waals surface area contributed by atoms with Crippen LogP contribution in [-0.2, 0) is 0 Å². The van der Waals surface area contributed by atoms with Crippen molar-refractivity contribution in [1.29, 1.82) is 0 Å². The van der Waals surface area contributed by atoms with Gasteiger partial charge in [0.25, 0.3) is 0 Å². The van der Waals surface area contributed by atoms with Gasteiger partial charge in [-0.25, -0.2) is 0 Å². The van der Waals surface area contributed by atoms with Gasteiger partial charge in [0.1, 0.15) is 12.8 Å². The minimum Gasteiger partial charge on any atom is -0.310 e.